The number of aliphatic hydroxyl groups excluding tert-OH is 1. The Labute approximate surface area is 118 Å². The first-order valence-electron chi connectivity index (χ1n) is 8.15. The van der Waals surface area contributed by atoms with Crippen LogP contribution in [0, 0.1) is 17.3 Å². The van der Waals surface area contributed by atoms with E-state index >= 15 is 0 Å². The highest BCUT2D eigenvalue weighted by molar-refractivity contribution is 4.91. The minimum absolute atomic E-state index is 0.358. The van der Waals surface area contributed by atoms with E-state index in [0.29, 0.717) is 12.0 Å². The summed E-state index contributed by atoms with van der Waals surface area (Å²) in [6.45, 7) is 7.66. The summed E-state index contributed by atoms with van der Waals surface area (Å²) in [6.07, 6.45) is 7.86. The first-order valence-corrected chi connectivity index (χ1v) is 8.15. The molecule has 1 saturated heterocycles. The van der Waals surface area contributed by atoms with Gasteiger partial charge in [-0.3, -0.25) is 0 Å². The number of likely N-dealkylation sites (tertiary alicyclic amines) is 1. The molecule has 2 fully saturated rings. The molecule has 19 heavy (non-hydrogen) atoms. The average Bonchev–Trinajstić information content (AvgIpc) is 2.77. The summed E-state index contributed by atoms with van der Waals surface area (Å²) in [5.74, 6) is 1.62. The van der Waals surface area contributed by atoms with Crippen molar-refractivity contribution in [1.82, 2.24) is 10.2 Å². The molecule has 0 aromatic carbocycles. The van der Waals surface area contributed by atoms with Gasteiger partial charge in [0, 0.05) is 26.2 Å². The molecule has 0 spiro atoms. The Morgan fingerprint density at radius 1 is 1.37 bits per heavy atom. The van der Waals surface area contributed by atoms with Crippen LogP contribution in [-0.4, -0.2) is 49.8 Å². The summed E-state index contributed by atoms with van der Waals surface area (Å²) < 4.78 is 0. The van der Waals surface area contributed by atoms with E-state index in [9.17, 15) is 0 Å². The molecule has 1 aliphatic carbocycles. The maximum absolute atomic E-state index is 9.08. The molecule has 1 saturated carbocycles. The van der Waals surface area contributed by atoms with Crippen molar-refractivity contribution in [1.29, 1.82) is 0 Å². The van der Waals surface area contributed by atoms with E-state index in [1.165, 1.54) is 58.3 Å². The second-order valence-electron chi connectivity index (χ2n) is 7.13. The third kappa shape index (κ3) is 4.17. The van der Waals surface area contributed by atoms with Gasteiger partial charge in [-0.1, -0.05) is 19.8 Å². The number of aliphatic hydroxyl groups is 1. The first-order chi connectivity index (χ1) is 9.17. The number of hydrogen-bond donors (Lipinski definition) is 2. The molecule has 1 aliphatic heterocycles. The molecule has 2 N–H and O–H groups in total. The Hall–Kier alpha value is -0.120. The molecule has 3 atom stereocenters. The van der Waals surface area contributed by atoms with Crippen molar-refractivity contribution in [3.8, 4) is 0 Å². The summed E-state index contributed by atoms with van der Waals surface area (Å²) >= 11 is 0. The summed E-state index contributed by atoms with van der Waals surface area (Å²) in [4.78, 5) is 2.66. The standard InChI is InChI=1S/C16H32N2O/c1-14-4-3-7-16(10-14,12-17-2)13-18-8-5-15(11-18)6-9-19/h14-15,17,19H,3-13H2,1-2H3. The second kappa shape index (κ2) is 7.05. The van der Waals surface area contributed by atoms with E-state index in [-0.39, 0.29) is 0 Å². The summed E-state index contributed by atoms with van der Waals surface area (Å²) in [7, 11) is 2.10. The lowest BCUT2D eigenvalue weighted by Gasteiger charge is -2.42. The van der Waals surface area contributed by atoms with Gasteiger partial charge in [0.05, 0.1) is 0 Å². The van der Waals surface area contributed by atoms with Crippen LogP contribution in [0.4, 0.5) is 0 Å². The van der Waals surface area contributed by atoms with E-state index in [0.717, 1.165) is 18.3 Å². The van der Waals surface area contributed by atoms with Crippen LogP contribution >= 0.6 is 0 Å². The predicted molar refractivity (Wildman–Crippen MR) is 80.2 cm³/mol. The number of nitrogens with zero attached hydrogens (tertiary/aromatic N) is 1. The molecule has 3 unspecified atom stereocenters. The summed E-state index contributed by atoms with van der Waals surface area (Å²) in [5, 5.41) is 12.5. The average molecular weight is 268 g/mol. The monoisotopic (exact) mass is 268 g/mol. The zero-order valence-corrected chi connectivity index (χ0v) is 12.8. The Morgan fingerprint density at radius 3 is 2.89 bits per heavy atom. The van der Waals surface area contributed by atoms with Crippen LogP contribution in [0.3, 0.4) is 0 Å². The lowest BCUT2D eigenvalue weighted by Crippen LogP contribution is -2.45. The molecule has 0 aromatic rings. The third-order valence-electron chi connectivity index (χ3n) is 5.20. The van der Waals surface area contributed by atoms with Crippen molar-refractivity contribution in [3.05, 3.63) is 0 Å². The van der Waals surface area contributed by atoms with Gasteiger partial charge in [-0.25, -0.2) is 0 Å². The molecule has 2 aliphatic rings. The molecule has 0 bridgehead atoms. The normalized spacial score (nSPS) is 36.8. The fourth-order valence-electron chi connectivity index (χ4n) is 4.45. The molecule has 3 nitrogen and oxygen atoms in total. The number of rotatable bonds is 6. The highest BCUT2D eigenvalue weighted by Crippen LogP contribution is 2.40. The molecule has 0 radical (unpaired) electrons. The Bertz CT molecular complexity index is 267. The predicted octanol–water partition coefficient (Wildman–Crippen LogP) is 2.11. The Morgan fingerprint density at radius 2 is 2.21 bits per heavy atom. The molecular weight excluding hydrogens is 236 g/mol. The molecule has 2 rings (SSSR count). The topological polar surface area (TPSA) is 35.5 Å². The first kappa shape index (κ1) is 15.3. The Kier molecular flexibility index (Phi) is 5.67. The van der Waals surface area contributed by atoms with Gasteiger partial charge in [0.1, 0.15) is 0 Å². The third-order valence-corrected chi connectivity index (χ3v) is 5.20. The molecule has 1 heterocycles. The van der Waals surface area contributed by atoms with Gasteiger partial charge in [0.25, 0.3) is 0 Å². The Balaban J connectivity index is 1.90. The highest BCUT2D eigenvalue weighted by Gasteiger charge is 2.37. The summed E-state index contributed by atoms with van der Waals surface area (Å²) in [5.41, 5.74) is 0.501. The minimum atomic E-state index is 0.358. The van der Waals surface area contributed by atoms with Crippen molar-refractivity contribution in [3.63, 3.8) is 0 Å². The zero-order chi connectivity index (χ0) is 13.7. The van der Waals surface area contributed by atoms with Crippen LogP contribution in [0.5, 0.6) is 0 Å². The van der Waals surface area contributed by atoms with Gasteiger partial charge in [0.2, 0.25) is 0 Å². The fourth-order valence-corrected chi connectivity index (χ4v) is 4.45. The molecule has 0 aromatic heterocycles. The molecule has 3 heteroatoms. The maximum atomic E-state index is 9.08. The second-order valence-corrected chi connectivity index (χ2v) is 7.13. The van der Waals surface area contributed by atoms with Crippen molar-refractivity contribution < 1.29 is 5.11 Å². The van der Waals surface area contributed by atoms with Gasteiger partial charge >= 0.3 is 0 Å². The number of hydrogen-bond acceptors (Lipinski definition) is 3. The van der Waals surface area contributed by atoms with Crippen LogP contribution in [0.2, 0.25) is 0 Å². The smallest absolute Gasteiger partial charge is 0.0434 e. The van der Waals surface area contributed by atoms with Crippen LogP contribution in [-0.2, 0) is 0 Å². The van der Waals surface area contributed by atoms with Crippen LogP contribution in [0.15, 0.2) is 0 Å². The lowest BCUT2D eigenvalue weighted by molar-refractivity contribution is 0.0907. The molecule has 112 valence electrons. The van der Waals surface area contributed by atoms with Crippen molar-refractivity contribution >= 4 is 0 Å². The molecular formula is C16H32N2O. The summed E-state index contributed by atoms with van der Waals surface area (Å²) in [6, 6.07) is 0. The maximum Gasteiger partial charge on any atom is 0.0434 e. The van der Waals surface area contributed by atoms with Gasteiger partial charge in [-0.05, 0) is 56.5 Å². The highest BCUT2D eigenvalue weighted by atomic mass is 16.3. The van der Waals surface area contributed by atoms with Crippen molar-refractivity contribution in [2.45, 2.75) is 45.4 Å². The lowest BCUT2D eigenvalue weighted by atomic mass is 9.69. The SMILES string of the molecule is CNCC1(CN2CCC(CCO)C2)CCCC(C)C1. The quantitative estimate of drug-likeness (QED) is 0.774. The van der Waals surface area contributed by atoms with E-state index in [2.05, 4.69) is 24.2 Å². The van der Waals surface area contributed by atoms with Crippen LogP contribution in [0.1, 0.15) is 45.4 Å². The van der Waals surface area contributed by atoms with Gasteiger partial charge in [0.15, 0.2) is 0 Å². The van der Waals surface area contributed by atoms with Crippen LogP contribution < -0.4 is 5.32 Å². The van der Waals surface area contributed by atoms with Crippen LogP contribution in [0.25, 0.3) is 0 Å². The zero-order valence-electron chi connectivity index (χ0n) is 12.8. The number of nitrogens with one attached hydrogen (secondary N) is 1. The van der Waals surface area contributed by atoms with Gasteiger partial charge in [-0.15, -0.1) is 0 Å². The fraction of sp³-hybridized carbons (Fsp3) is 1.00. The van der Waals surface area contributed by atoms with E-state index in [1.807, 2.05) is 0 Å². The van der Waals surface area contributed by atoms with Crippen molar-refractivity contribution in [2.24, 2.45) is 17.3 Å². The van der Waals surface area contributed by atoms with Gasteiger partial charge in [-0.2, -0.15) is 0 Å². The molecule has 0 amide bonds. The largest absolute Gasteiger partial charge is 0.396 e. The van der Waals surface area contributed by atoms with Gasteiger partial charge < -0.3 is 15.3 Å². The van der Waals surface area contributed by atoms with E-state index in [1.54, 1.807) is 0 Å². The van der Waals surface area contributed by atoms with E-state index in [4.69, 9.17) is 5.11 Å². The minimum Gasteiger partial charge on any atom is -0.396 e. The van der Waals surface area contributed by atoms with E-state index < -0.39 is 0 Å². The van der Waals surface area contributed by atoms with Crippen molar-refractivity contribution in [2.75, 3.05) is 39.8 Å².